The second-order valence-electron chi connectivity index (χ2n) is 4.54. The molecule has 0 spiro atoms. The number of nitrogens with two attached hydrogens (primary N) is 1. The molecule has 0 bridgehead atoms. The first-order valence-corrected chi connectivity index (χ1v) is 7.13. The first kappa shape index (κ1) is 17.8. The number of nitrogens with one attached hydrogen (secondary N) is 2. The lowest BCUT2D eigenvalue weighted by molar-refractivity contribution is -0.123. The van der Waals surface area contributed by atoms with E-state index in [1.54, 1.807) is 18.2 Å². The van der Waals surface area contributed by atoms with Gasteiger partial charge >= 0.3 is 0 Å². The maximum Gasteiger partial charge on any atom is 0.257 e. The maximum atomic E-state index is 11.4. The van der Waals surface area contributed by atoms with Crippen molar-refractivity contribution in [3.05, 3.63) is 23.8 Å². The van der Waals surface area contributed by atoms with Crippen molar-refractivity contribution in [1.82, 2.24) is 10.6 Å². The van der Waals surface area contributed by atoms with Gasteiger partial charge in [0, 0.05) is 26.1 Å². The zero-order chi connectivity index (χ0) is 16.4. The van der Waals surface area contributed by atoms with Crippen LogP contribution < -0.4 is 25.8 Å². The minimum Gasteiger partial charge on any atom is -0.493 e. The SMILES string of the molecule is CCNC(=O)COc1ccc(CNC(=O)CCN)cc1OC. The molecule has 0 radical (unpaired) electrons. The van der Waals surface area contributed by atoms with E-state index in [-0.39, 0.29) is 18.4 Å². The number of likely N-dealkylation sites (N-methyl/N-ethyl adjacent to an activating group) is 1. The molecule has 1 aromatic carbocycles. The van der Waals surface area contributed by atoms with Crippen molar-refractivity contribution >= 4 is 11.8 Å². The van der Waals surface area contributed by atoms with Gasteiger partial charge in [0.05, 0.1) is 7.11 Å². The van der Waals surface area contributed by atoms with Gasteiger partial charge < -0.3 is 25.8 Å². The zero-order valence-electron chi connectivity index (χ0n) is 13.0. The van der Waals surface area contributed by atoms with E-state index in [0.717, 1.165) is 5.56 Å². The molecule has 0 aliphatic carbocycles. The van der Waals surface area contributed by atoms with Gasteiger partial charge in [-0.25, -0.2) is 0 Å². The molecule has 4 N–H and O–H groups in total. The van der Waals surface area contributed by atoms with Gasteiger partial charge in [0.2, 0.25) is 5.91 Å². The third-order valence-electron chi connectivity index (χ3n) is 2.82. The largest absolute Gasteiger partial charge is 0.493 e. The zero-order valence-corrected chi connectivity index (χ0v) is 13.0. The van der Waals surface area contributed by atoms with Crippen LogP contribution >= 0.6 is 0 Å². The summed E-state index contributed by atoms with van der Waals surface area (Å²) in [4.78, 5) is 22.8. The topological polar surface area (TPSA) is 103 Å². The van der Waals surface area contributed by atoms with Crippen LogP contribution in [-0.4, -0.2) is 38.6 Å². The van der Waals surface area contributed by atoms with Crippen LogP contribution in [0.4, 0.5) is 0 Å². The Balaban J connectivity index is 2.62. The van der Waals surface area contributed by atoms with Crippen molar-refractivity contribution in [2.24, 2.45) is 5.73 Å². The van der Waals surface area contributed by atoms with Gasteiger partial charge in [-0.05, 0) is 24.6 Å². The Morgan fingerprint density at radius 1 is 1.18 bits per heavy atom. The Morgan fingerprint density at radius 3 is 2.59 bits per heavy atom. The molecule has 1 aromatic rings. The second kappa shape index (κ2) is 9.62. The minimum atomic E-state index is -0.192. The normalized spacial score (nSPS) is 9.95. The fraction of sp³-hybridized carbons (Fsp3) is 0.467. The number of rotatable bonds is 9. The first-order chi connectivity index (χ1) is 10.6. The molecular formula is C15H23N3O4. The van der Waals surface area contributed by atoms with E-state index < -0.39 is 0 Å². The number of methoxy groups -OCH3 is 1. The van der Waals surface area contributed by atoms with Gasteiger partial charge in [-0.15, -0.1) is 0 Å². The smallest absolute Gasteiger partial charge is 0.257 e. The van der Waals surface area contributed by atoms with Gasteiger partial charge in [0.25, 0.3) is 5.91 Å². The lowest BCUT2D eigenvalue weighted by atomic mass is 10.2. The van der Waals surface area contributed by atoms with E-state index in [2.05, 4.69) is 10.6 Å². The molecule has 0 aliphatic heterocycles. The summed E-state index contributed by atoms with van der Waals surface area (Å²) in [5, 5.41) is 5.41. The van der Waals surface area contributed by atoms with Crippen LogP contribution in [0.5, 0.6) is 11.5 Å². The van der Waals surface area contributed by atoms with Gasteiger partial charge in [0.1, 0.15) is 0 Å². The molecule has 7 nitrogen and oxygen atoms in total. The highest BCUT2D eigenvalue weighted by atomic mass is 16.5. The van der Waals surface area contributed by atoms with Crippen LogP contribution in [0.25, 0.3) is 0 Å². The molecule has 122 valence electrons. The molecule has 2 amide bonds. The Kier molecular flexibility index (Phi) is 7.77. The molecule has 0 atom stereocenters. The highest BCUT2D eigenvalue weighted by molar-refractivity contribution is 5.77. The van der Waals surface area contributed by atoms with E-state index in [4.69, 9.17) is 15.2 Å². The number of carbonyl (C=O) groups excluding carboxylic acids is 2. The highest BCUT2D eigenvalue weighted by Gasteiger charge is 2.09. The minimum absolute atomic E-state index is 0.0726. The fourth-order valence-electron chi connectivity index (χ4n) is 1.75. The summed E-state index contributed by atoms with van der Waals surface area (Å²) >= 11 is 0. The number of hydrogen-bond donors (Lipinski definition) is 3. The quantitative estimate of drug-likeness (QED) is 0.603. The number of benzene rings is 1. The lowest BCUT2D eigenvalue weighted by Gasteiger charge is -2.12. The van der Waals surface area contributed by atoms with Gasteiger partial charge in [-0.2, -0.15) is 0 Å². The predicted molar refractivity (Wildman–Crippen MR) is 82.7 cm³/mol. The van der Waals surface area contributed by atoms with Gasteiger partial charge in [-0.3, -0.25) is 9.59 Å². The van der Waals surface area contributed by atoms with Crippen LogP contribution in [0.3, 0.4) is 0 Å². The van der Waals surface area contributed by atoms with E-state index in [1.807, 2.05) is 6.92 Å². The van der Waals surface area contributed by atoms with Crippen LogP contribution in [0, 0.1) is 0 Å². The number of amides is 2. The number of hydrogen-bond acceptors (Lipinski definition) is 5. The summed E-state index contributed by atoms with van der Waals surface area (Å²) in [6.45, 7) is 3.03. The van der Waals surface area contributed by atoms with Crippen LogP contribution in [0.1, 0.15) is 18.9 Å². The summed E-state index contributed by atoms with van der Waals surface area (Å²) < 4.78 is 10.7. The summed E-state index contributed by atoms with van der Waals surface area (Å²) in [6, 6.07) is 5.27. The molecular weight excluding hydrogens is 286 g/mol. The molecule has 7 heteroatoms. The average molecular weight is 309 g/mol. The Hall–Kier alpha value is -2.28. The molecule has 0 heterocycles. The van der Waals surface area contributed by atoms with Crippen molar-refractivity contribution in [2.45, 2.75) is 19.9 Å². The first-order valence-electron chi connectivity index (χ1n) is 7.13. The maximum absolute atomic E-state index is 11.4. The molecule has 0 fully saturated rings. The average Bonchev–Trinajstić information content (AvgIpc) is 2.51. The molecule has 0 unspecified atom stereocenters. The third-order valence-corrected chi connectivity index (χ3v) is 2.82. The Labute approximate surface area is 130 Å². The fourth-order valence-corrected chi connectivity index (χ4v) is 1.75. The third kappa shape index (κ3) is 6.01. The number of ether oxygens (including phenoxy) is 2. The van der Waals surface area contributed by atoms with Crippen LogP contribution in [0.15, 0.2) is 18.2 Å². The summed E-state index contributed by atoms with van der Waals surface area (Å²) in [5.74, 6) is 0.696. The van der Waals surface area contributed by atoms with E-state index >= 15 is 0 Å². The van der Waals surface area contributed by atoms with E-state index in [1.165, 1.54) is 7.11 Å². The van der Waals surface area contributed by atoms with Crippen LogP contribution in [0.2, 0.25) is 0 Å². The monoisotopic (exact) mass is 309 g/mol. The standard InChI is InChI=1S/C15H23N3O4/c1-3-17-15(20)10-22-12-5-4-11(8-13(12)21-2)9-18-14(19)6-7-16/h4-5,8H,3,6-7,9-10,16H2,1-2H3,(H,17,20)(H,18,19). The molecule has 0 saturated heterocycles. The molecule has 0 saturated carbocycles. The van der Waals surface area contributed by atoms with Crippen molar-refractivity contribution in [2.75, 3.05) is 26.8 Å². The molecule has 0 aliphatic rings. The Morgan fingerprint density at radius 2 is 1.95 bits per heavy atom. The van der Waals surface area contributed by atoms with Gasteiger partial charge in [-0.1, -0.05) is 6.07 Å². The van der Waals surface area contributed by atoms with Crippen molar-refractivity contribution in [3.8, 4) is 11.5 Å². The van der Waals surface area contributed by atoms with E-state index in [9.17, 15) is 9.59 Å². The van der Waals surface area contributed by atoms with Crippen LogP contribution in [-0.2, 0) is 16.1 Å². The predicted octanol–water partition coefficient (Wildman–Crippen LogP) is 0.175. The number of carbonyl (C=O) groups is 2. The second-order valence-corrected chi connectivity index (χ2v) is 4.54. The van der Waals surface area contributed by atoms with Crippen molar-refractivity contribution in [1.29, 1.82) is 0 Å². The summed E-state index contributed by atoms with van der Waals surface area (Å²) in [6.07, 6.45) is 0.296. The lowest BCUT2D eigenvalue weighted by Crippen LogP contribution is -2.28. The molecule has 22 heavy (non-hydrogen) atoms. The Bertz CT molecular complexity index is 506. The van der Waals surface area contributed by atoms with Crippen molar-refractivity contribution in [3.63, 3.8) is 0 Å². The van der Waals surface area contributed by atoms with Gasteiger partial charge in [0.15, 0.2) is 18.1 Å². The van der Waals surface area contributed by atoms with E-state index in [0.29, 0.717) is 37.6 Å². The summed E-state index contributed by atoms with van der Waals surface area (Å²) in [7, 11) is 1.52. The summed E-state index contributed by atoms with van der Waals surface area (Å²) in [5.41, 5.74) is 6.18. The van der Waals surface area contributed by atoms with Crippen molar-refractivity contribution < 1.29 is 19.1 Å². The molecule has 0 aromatic heterocycles. The molecule has 1 rings (SSSR count). The highest BCUT2D eigenvalue weighted by Crippen LogP contribution is 2.27.